The number of allylic oxidation sites excluding steroid dienone is 1. The second kappa shape index (κ2) is 10.2. The van der Waals surface area contributed by atoms with Crippen LogP contribution in [0.1, 0.15) is 34.7 Å². The largest absolute Gasteiger partial charge is 0.496 e. The first kappa shape index (κ1) is 24.6. The molecule has 0 fully saturated rings. The van der Waals surface area contributed by atoms with Gasteiger partial charge in [-0.1, -0.05) is 72.5 Å². The molecule has 7 heteroatoms. The summed E-state index contributed by atoms with van der Waals surface area (Å²) in [7, 11) is 1.67. The van der Waals surface area contributed by atoms with Crippen LogP contribution in [0.2, 0.25) is 0 Å². The maximum atomic E-state index is 14.0. The molecular weight excluding hydrogens is 560 g/mol. The number of benzene rings is 3. The Hall–Kier alpha value is -3.68. The van der Waals surface area contributed by atoms with Crippen molar-refractivity contribution in [1.82, 2.24) is 4.57 Å². The summed E-state index contributed by atoms with van der Waals surface area (Å²) in [6.07, 6.45) is 5.37. The lowest BCUT2D eigenvalue weighted by Crippen LogP contribution is -2.39. The van der Waals surface area contributed by atoms with Gasteiger partial charge < -0.3 is 9.47 Å². The van der Waals surface area contributed by atoms with Crippen LogP contribution in [0.3, 0.4) is 0 Å². The summed E-state index contributed by atoms with van der Waals surface area (Å²) < 4.78 is 14.7. The lowest BCUT2D eigenvalue weighted by molar-refractivity contribution is 0.361. The van der Waals surface area contributed by atoms with Gasteiger partial charge in [-0.25, -0.2) is 4.99 Å². The van der Waals surface area contributed by atoms with Crippen molar-refractivity contribution in [3.8, 4) is 11.5 Å². The molecule has 2 heterocycles. The van der Waals surface area contributed by atoms with Crippen LogP contribution in [0.4, 0.5) is 0 Å². The monoisotopic (exact) mass is 584 g/mol. The van der Waals surface area contributed by atoms with Crippen LogP contribution in [-0.4, -0.2) is 18.3 Å². The maximum Gasteiger partial charge on any atom is 0.271 e. The van der Waals surface area contributed by atoms with E-state index in [1.54, 1.807) is 13.2 Å². The highest BCUT2D eigenvalue weighted by atomic mass is 79.9. The molecule has 0 radical (unpaired) electrons. The third-order valence-electron chi connectivity index (χ3n) is 6.92. The normalized spacial score (nSPS) is 16.3. The number of nitrogens with zero attached hydrogens (tertiary/aromatic N) is 2. The van der Waals surface area contributed by atoms with E-state index < -0.39 is 0 Å². The Bertz CT molecular complexity index is 1780. The van der Waals surface area contributed by atoms with Crippen molar-refractivity contribution in [1.29, 1.82) is 0 Å². The van der Waals surface area contributed by atoms with E-state index >= 15 is 0 Å². The zero-order chi connectivity index (χ0) is 26.2. The predicted molar refractivity (Wildman–Crippen MR) is 156 cm³/mol. The van der Waals surface area contributed by atoms with E-state index in [-0.39, 0.29) is 11.6 Å². The molecular formula is C31H25BrN2O3S. The van der Waals surface area contributed by atoms with E-state index in [4.69, 9.17) is 14.5 Å². The molecule has 190 valence electrons. The predicted octanol–water partition coefficient (Wildman–Crippen LogP) is 5.65. The van der Waals surface area contributed by atoms with Crippen LogP contribution in [0.15, 0.2) is 99.2 Å². The number of aromatic nitrogens is 1. The van der Waals surface area contributed by atoms with Gasteiger partial charge in [-0.15, -0.1) is 0 Å². The van der Waals surface area contributed by atoms with Crippen LogP contribution in [0.5, 0.6) is 11.5 Å². The van der Waals surface area contributed by atoms with Crippen molar-refractivity contribution in [3.63, 3.8) is 0 Å². The number of hydrogen-bond acceptors (Lipinski definition) is 5. The van der Waals surface area contributed by atoms with Gasteiger partial charge in [-0.2, -0.15) is 0 Å². The minimum atomic E-state index is -0.283. The summed E-state index contributed by atoms with van der Waals surface area (Å²) >= 11 is 5.00. The number of hydrogen-bond donors (Lipinski definition) is 0. The Morgan fingerprint density at radius 2 is 1.92 bits per heavy atom. The van der Waals surface area contributed by atoms with E-state index in [1.807, 2.05) is 47.0 Å². The van der Waals surface area contributed by atoms with E-state index in [1.165, 1.54) is 16.9 Å². The standard InChI is InChI=1S/C31H25BrN2O3S/c1-3-16-37-26-15-12-19(17-24(26)32)18-27-30(35)34-29(22-10-6-7-11-25(22)36-2)23-14-13-20-8-4-5-9-21(20)28(23)33-31(34)38-27/h3-12,15,17-18,29H,1,13-14,16H2,2H3. The molecule has 0 N–H and O–H groups in total. The molecule has 0 spiro atoms. The van der Waals surface area contributed by atoms with E-state index in [9.17, 15) is 4.79 Å². The van der Waals surface area contributed by atoms with Gasteiger partial charge in [0, 0.05) is 11.1 Å². The van der Waals surface area contributed by atoms with Gasteiger partial charge in [0.15, 0.2) is 4.80 Å². The number of thiazole rings is 1. The smallest absolute Gasteiger partial charge is 0.271 e. The maximum absolute atomic E-state index is 14.0. The number of methoxy groups -OCH3 is 1. The number of halogens is 1. The minimum absolute atomic E-state index is 0.0572. The van der Waals surface area contributed by atoms with Crippen LogP contribution in [-0.2, 0) is 6.42 Å². The Morgan fingerprint density at radius 1 is 1.11 bits per heavy atom. The zero-order valence-corrected chi connectivity index (χ0v) is 23.2. The molecule has 1 atom stereocenters. The van der Waals surface area contributed by atoms with Gasteiger partial charge in [-0.05, 0) is 69.7 Å². The molecule has 1 aliphatic carbocycles. The molecule has 0 saturated heterocycles. The van der Waals surface area contributed by atoms with Crippen molar-refractivity contribution in [2.45, 2.75) is 18.9 Å². The lowest BCUT2D eigenvalue weighted by atomic mass is 9.83. The number of para-hydroxylation sites is 1. The van der Waals surface area contributed by atoms with E-state index in [0.29, 0.717) is 15.9 Å². The third kappa shape index (κ3) is 4.25. The minimum Gasteiger partial charge on any atom is -0.496 e. The molecule has 1 aromatic heterocycles. The van der Waals surface area contributed by atoms with Gasteiger partial charge in [-0.3, -0.25) is 9.36 Å². The second-order valence-electron chi connectivity index (χ2n) is 9.15. The Labute approximate surface area is 232 Å². The van der Waals surface area contributed by atoms with Crippen molar-refractivity contribution in [2.24, 2.45) is 4.99 Å². The van der Waals surface area contributed by atoms with Gasteiger partial charge in [0.25, 0.3) is 5.56 Å². The highest BCUT2D eigenvalue weighted by molar-refractivity contribution is 9.10. The second-order valence-corrected chi connectivity index (χ2v) is 11.0. The van der Waals surface area contributed by atoms with Crippen LogP contribution in [0, 0.1) is 0 Å². The summed E-state index contributed by atoms with van der Waals surface area (Å²) in [6, 6.07) is 21.9. The molecule has 1 unspecified atom stereocenters. The number of rotatable bonds is 6. The molecule has 0 amide bonds. The topological polar surface area (TPSA) is 52.8 Å². The fraction of sp³-hybridized carbons (Fsp3) is 0.161. The molecule has 6 rings (SSSR count). The number of aryl methyl sites for hydroxylation is 1. The SMILES string of the molecule is C=CCOc1ccc(C=c2sc3n(c2=O)C(c2ccccc2OC)C2=C(N=3)c3ccccc3CC2)cc1Br. The van der Waals surface area contributed by atoms with Crippen molar-refractivity contribution >= 4 is 39.0 Å². The highest BCUT2D eigenvalue weighted by Gasteiger charge is 2.33. The molecule has 0 bridgehead atoms. The third-order valence-corrected chi connectivity index (χ3v) is 8.52. The van der Waals surface area contributed by atoms with Crippen LogP contribution in [0.25, 0.3) is 11.8 Å². The zero-order valence-electron chi connectivity index (χ0n) is 20.8. The number of fused-ring (bicyclic) bond motifs is 3. The van der Waals surface area contributed by atoms with E-state index in [2.05, 4.69) is 52.8 Å². The molecule has 5 nitrogen and oxygen atoms in total. The Balaban J connectivity index is 1.56. The number of ether oxygens (including phenoxy) is 2. The summed E-state index contributed by atoms with van der Waals surface area (Å²) in [5.41, 5.74) is 6.37. The molecule has 1 aliphatic heterocycles. The quantitative estimate of drug-likeness (QED) is 0.275. The molecule has 0 saturated carbocycles. The lowest BCUT2D eigenvalue weighted by Gasteiger charge is -2.31. The molecule has 38 heavy (non-hydrogen) atoms. The van der Waals surface area contributed by atoms with Crippen molar-refractivity contribution < 1.29 is 9.47 Å². The molecule has 3 aromatic carbocycles. The summed E-state index contributed by atoms with van der Waals surface area (Å²) in [5, 5.41) is 0. The first-order valence-corrected chi connectivity index (χ1v) is 14.0. The average molecular weight is 586 g/mol. The van der Waals surface area contributed by atoms with Gasteiger partial charge in [0.2, 0.25) is 0 Å². The van der Waals surface area contributed by atoms with Gasteiger partial charge >= 0.3 is 0 Å². The molecule has 4 aromatic rings. The highest BCUT2D eigenvalue weighted by Crippen LogP contribution is 2.43. The van der Waals surface area contributed by atoms with Crippen molar-refractivity contribution in [2.75, 3.05) is 13.7 Å². The van der Waals surface area contributed by atoms with Gasteiger partial charge in [0.1, 0.15) is 18.1 Å². The first-order chi connectivity index (χ1) is 18.6. The van der Waals surface area contributed by atoms with Crippen LogP contribution >= 0.6 is 27.3 Å². The van der Waals surface area contributed by atoms with E-state index in [0.717, 1.165) is 56.8 Å². The molecule has 2 aliphatic rings. The van der Waals surface area contributed by atoms with Crippen molar-refractivity contribution in [3.05, 3.63) is 131 Å². The van der Waals surface area contributed by atoms with Crippen LogP contribution < -0.4 is 24.4 Å². The summed E-state index contributed by atoms with van der Waals surface area (Å²) in [6.45, 7) is 4.12. The van der Waals surface area contributed by atoms with Gasteiger partial charge in [0.05, 0.1) is 27.9 Å². The summed E-state index contributed by atoms with van der Waals surface area (Å²) in [5.74, 6) is 1.49. The Morgan fingerprint density at radius 3 is 2.74 bits per heavy atom. The summed E-state index contributed by atoms with van der Waals surface area (Å²) in [4.78, 5) is 19.8. The fourth-order valence-electron chi connectivity index (χ4n) is 5.22. The Kier molecular flexibility index (Phi) is 6.64. The first-order valence-electron chi connectivity index (χ1n) is 12.4. The average Bonchev–Trinajstić information content (AvgIpc) is 3.25. The fourth-order valence-corrected chi connectivity index (χ4v) is 6.73.